The molecule has 6 heteroatoms. The molecule has 0 aromatic carbocycles. The van der Waals surface area contributed by atoms with E-state index in [2.05, 4.69) is 10.1 Å². The van der Waals surface area contributed by atoms with Crippen molar-refractivity contribution in [3.8, 4) is 17.1 Å². The van der Waals surface area contributed by atoms with Gasteiger partial charge in [0.2, 0.25) is 0 Å². The predicted molar refractivity (Wildman–Crippen MR) is 105 cm³/mol. The van der Waals surface area contributed by atoms with Crippen molar-refractivity contribution in [3.63, 3.8) is 0 Å². The first-order chi connectivity index (χ1) is 13.4. The second-order valence-corrected chi connectivity index (χ2v) is 7.05. The number of aliphatic hydroxyl groups excluding tert-OH is 1. The van der Waals surface area contributed by atoms with Crippen LogP contribution in [-0.2, 0) is 4.74 Å². The second kappa shape index (κ2) is 11.0. The Balaban J connectivity index is 1.45. The van der Waals surface area contributed by atoms with Gasteiger partial charge in [0.05, 0.1) is 24.2 Å². The van der Waals surface area contributed by atoms with E-state index < -0.39 is 0 Å². The van der Waals surface area contributed by atoms with Crippen molar-refractivity contribution in [3.05, 3.63) is 30.6 Å². The zero-order valence-electron chi connectivity index (χ0n) is 16.1. The van der Waals surface area contributed by atoms with Gasteiger partial charge in [0, 0.05) is 19.4 Å². The maximum Gasteiger partial charge on any atom is 0.150 e. The summed E-state index contributed by atoms with van der Waals surface area (Å²) in [6, 6.07) is 5.95. The third-order valence-electron chi connectivity index (χ3n) is 4.92. The molecule has 1 aliphatic heterocycles. The molecule has 1 aliphatic rings. The fourth-order valence-electron chi connectivity index (χ4n) is 3.39. The van der Waals surface area contributed by atoms with Crippen molar-refractivity contribution in [2.45, 2.75) is 64.0 Å². The molecule has 1 fully saturated rings. The van der Waals surface area contributed by atoms with Crippen LogP contribution in [0.1, 0.15) is 64.0 Å². The molecule has 0 bridgehead atoms. The van der Waals surface area contributed by atoms with Crippen LogP contribution < -0.4 is 4.74 Å². The quantitative estimate of drug-likeness (QED) is 0.593. The minimum Gasteiger partial charge on any atom is -0.492 e. The van der Waals surface area contributed by atoms with Crippen LogP contribution in [0.25, 0.3) is 11.4 Å². The zero-order valence-corrected chi connectivity index (χ0v) is 16.1. The Kier molecular flexibility index (Phi) is 8.11. The van der Waals surface area contributed by atoms with Crippen molar-refractivity contribution in [2.24, 2.45) is 0 Å². The van der Waals surface area contributed by atoms with Crippen LogP contribution in [0.3, 0.4) is 0 Å². The van der Waals surface area contributed by atoms with E-state index in [9.17, 15) is 0 Å². The summed E-state index contributed by atoms with van der Waals surface area (Å²) in [6.07, 6.45) is 13.5. The summed E-state index contributed by atoms with van der Waals surface area (Å²) < 4.78 is 13.6. The highest BCUT2D eigenvalue weighted by molar-refractivity contribution is 5.54. The van der Waals surface area contributed by atoms with E-state index in [0.717, 1.165) is 68.9 Å². The van der Waals surface area contributed by atoms with Crippen molar-refractivity contribution in [1.82, 2.24) is 14.8 Å². The van der Waals surface area contributed by atoms with E-state index in [4.69, 9.17) is 14.6 Å². The molecule has 0 spiro atoms. The molecule has 148 valence electrons. The predicted octanol–water partition coefficient (Wildman–Crippen LogP) is 4.36. The SMILES string of the molecule is OCCCCCCCCOc1ccc(-c2ccnn2C2CCCCO2)nc1. The number of pyridine rings is 1. The Morgan fingerprint density at radius 3 is 2.67 bits per heavy atom. The van der Waals surface area contributed by atoms with Crippen LogP contribution in [0.15, 0.2) is 30.6 Å². The normalized spacial score (nSPS) is 17.1. The van der Waals surface area contributed by atoms with Crippen LogP contribution in [0.4, 0.5) is 0 Å². The van der Waals surface area contributed by atoms with Gasteiger partial charge >= 0.3 is 0 Å². The Hall–Kier alpha value is -1.92. The third-order valence-corrected chi connectivity index (χ3v) is 4.92. The molecular weight excluding hydrogens is 342 g/mol. The lowest BCUT2D eigenvalue weighted by Gasteiger charge is -2.24. The topological polar surface area (TPSA) is 69.4 Å². The van der Waals surface area contributed by atoms with Gasteiger partial charge in [-0.25, -0.2) is 4.68 Å². The van der Waals surface area contributed by atoms with Crippen LogP contribution in [0.5, 0.6) is 5.75 Å². The van der Waals surface area contributed by atoms with Gasteiger partial charge in [0.1, 0.15) is 5.75 Å². The number of aliphatic hydroxyl groups is 1. The lowest BCUT2D eigenvalue weighted by atomic mass is 10.1. The first-order valence-corrected chi connectivity index (χ1v) is 10.2. The highest BCUT2D eigenvalue weighted by Crippen LogP contribution is 2.27. The minimum absolute atomic E-state index is 0.0128. The Morgan fingerprint density at radius 1 is 1.07 bits per heavy atom. The van der Waals surface area contributed by atoms with Crippen molar-refractivity contribution < 1.29 is 14.6 Å². The molecule has 1 unspecified atom stereocenters. The molecular formula is C21H31N3O3. The van der Waals surface area contributed by atoms with Crippen LogP contribution in [0.2, 0.25) is 0 Å². The van der Waals surface area contributed by atoms with Gasteiger partial charge in [-0.05, 0) is 50.3 Å². The number of aromatic nitrogens is 3. The molecule has 1 atom stereocenters. The highest BCUT2D eigenvalue weighted by Gasteiger charge is 2.19. The Bertz CT molecular complexity index is 651. The standard InChI is InChI=1S/C21H31N3O3/c25-14-6-3-1-2-4-7-15-26-18-10-11-19(22-17-18)20-12-13-23-24(20)21-9-5-8-16-27-21/h10-13,17,21,25H,1-9,14-16H2. The van der Waals surface area contributed by atoms with Crippen LogP contribution in [0, 0.1) is 0 Å². The van der Waals surface area contributed by atoms with Gasteiger partial charge in [-0.1, -0.05) is 25.7 Å². The number of rotatable bonds is 11. The summed E-state index contributed by atoms with van der Waals surface area (Å²) >= 11 is 0. The molecule has 27 heavy (non-hydrogen) atoms. The molecule has 6 nitrogen and oxygen atoms in total. The first-order valence-electron chi connectivity index (χ1n) is 10.2. The molecule has 2 aromatic heterocycles. The highest BCUT2D eigenvalue weighted by atomic mass is 16.5. The van der Waals surface area contributed by atoms with Gasteiger partial charge in [-0.3, -0.25) is 4.98 Å². The first kappa shape index (κ1) is 19.8. The molecule has 1 saturated heterocycles. The number of hydrogen-bond donors (Lipinski definition) is 1. The van der Waals surface area contributed by atoms with E-state index in [1.807, 2.05) is 22.9 Å². The van der Waals surface area contributed by atoms with Gasteiger partial charge in [-0.2, -0.15) is 5.10 Å². The molecule has 0 saturated carbocycles. The number of ether oxygens (including phenoxy) is 2. The van der Waals surface area contributed by atoms with Gasteiger partial charge in [0.25, 0.3) is 0 Å². The summed E-state index contributed by atoms with van der Waals surface area (Å²) in [5, 5.41) is 13.2. The van der Waals surface area contributed by atoms with Gasteiger partial charge in [0.15, 0.2) is 6.23 Å². The molecule has 3 rings (SSSR count). The third kappa shape index (κ3) is 6.04. The molecule has 0 aliphatic carbocycles. The average molecular weight is 373 g/mol. The van der Waals surface area contributed by atoms with E-state index in [-0.39, 0.29) is 6.23 Å². The summed E-state index contributed by atoms with van der Waals surface area (Å²) in [4.78, 5) is 4.56. The molecule has 2 aromatic rings. The van der Waals surface area contributed by atoms with Crippen LogP contribution >= 0.6 is 0 Å². The molecule has 0 amide bonds. The molecule has 1 N–H and O–H groups in total. The van der Waals surface area contributed by atoms with E-state index in [0.29, 0.717) is 6.61 Å². The van der Waals surface area contributed by atoms with Crippen molar-refractivity contribution >= 4 is 0 Å². The average Bonchev–Trinajstić information content (AvgIpc) is 3.21. The van der Waals surface area contributed by atoms with Crippen molar-refractivity contribution in [1.29, 1.82) is 0 Å². The molecule has 0 radical (unpaired) electrons. The summed E-state index contributed by atoms with van der Waals surface area (Å²) in [5.74, 6) is 0.805. The van der Waals surface area contributed by atoms with E-state index >= 15 is 0 Å². The smallest absolute Gasteiger partial charge is 0.150 e. The monoisotopic (exact) mass is 373 g/mol. The van der Waals surface area contributed by atoms with E-state index in [1.54, 1.807) is 12.4 Å². The maximum atomic E-state index is 8.76. The fourth-order valence-corrected chi connectivity index (χ4v) is 3.39. The lowest BCUT2D eigenvalue weighted by Crippen LogP contribution is -2.20. The minimum atomic E-state index is 0.0128. The second-order valence-electron chi connectivity index (χ2n) is 7.05. The number of hydrogen-bond acceptors (Lipinski definition) is 5. The van der Waals surface area contributed by atoms with E-state index in [1.165, 1.54) is 19.3 Å². The van der Waals surface area contributed by atoms with Gasteiger partial charge < -0.3 is 14.6 Å². The Labute approximate surface area is 161 Å². The number of unbranched alkanes of at least 4 members (excludes halogenated alkanes) is 5. The zero-order chi connectivity index (χ0) is 18.7. The van der Waals surface area contributed by atoms with Crippen LogP contribution in [-0.4, -0.2) is 39.7 Å². The fraction of sp³-hybridized carbons (Fsp3) is 0.619. The summed E-state index contributed by atoms with van der Waals surface area (Å²) in [7, 11) is 0. The van der Waals surface area contributed by atoms with Crippen molar-refractivity contribution in [2.75, 3.05) is 19.8 Å². The Morgan fingerprint density at radius 2 is 1.93 bits per heavy atom. The summed E-state index contributed by atoms with van der Waals surface area (Å²) in [5.41, 5.74) is 1.87. The summed E-state index contributed by atoms with van der Waals surface area (Å²) in [6.45, 7) is 1.82. The number of nitrogens with zero attached hydrogens (tertiary/aromatic N) is 3. The van der Waals surface area contributed by atoms with Gasteiger partial charge in [-0.15, -0.1) is 0 Å². The maximum absolute atomic E-state index is 8.76. The molecule has 3 heterocycles. The lowest BCUT2D eigenvalue weighted by molar-refractivity contribution is -0.0384. The largest absolute Gasteiger partial charge is 0.492 e.